The van der Waals surface area contributed by atoms with Gasteiger partial charge in [-0.2, -0.15) is 0 Å². The number of aliphatic carboxylic acids is 1. The van der Waals surface area contributed by atoms with Crippen molar-refractivity contribution >= 4 is 17.7 Å². The normalized spacial score (nSPS) is 45.1. The molecule has 2 N–H and O–H groups in total. The number of nitrogens with zero attached hydrogens (tertiary/aromatic N) is 1. The van der Waals surface area contributed by atoms with E-state index >= 15 is 0 Å². The third kappa shape index (κ3) is 4.67. The van der Waals surface area contributed by atoms with Crippen molar-refractivity contribution in [2.45, 2.75) is 126 Å². The minimum absolute atomic E-state index is 0.0355. The second-order valence-corrected chi connectivity index (χ2v) is 17.3. The van der Waals surface area contributed by atoms with Crippen LogP contribution in [0.2, 0.25) is 0 Å². The van der Waals surface area contributed by atoms with E-state index < -0.39 is 17.7 Å². The number of amides is 1. The molecular formula is C37H59NO6. The number of carboxylic acids is 1. The molecule has 4 fully saturated rings. The predicted molar refractivity (Wildman–Crippen MR) is 170 cm³/mol. The minimum Gasteiger partial charge on any atom is -0.481 e. The summed E-state index contributed by atoms with van der Waals surface area (Å²) in [6, 6.07) is 0. The van der Waals surface area contributed by atoms with Crippen LogP contribution in [0.15, 0.2) is 11.6 Å². The maximum Gasteiger partial charge on any atom is 0.309 e. The number of carboxylic acid groups (broad SMARTS) is 1. The van der Waals surface area contributed by atoms with Crippen LogP contribution in [0.5, 0.6) is 0 Å². The molecule has 1 amide bonds. The van der Waals surface area contributed by atoms with Crippen molar-refractivity contribution in [2.75, 3.05) is 19.7 Å². The highest BCUT2D eigenvalue weighted by atomic mass is 16.6. The molecule has 0 heterocycles. The lowest BCUT2D eigenvalue weighted by molar-refractivity contribution is -0.230. The van der Waals surface area contributed by atoms with Crippen LogP contribution in [0, 0.1) is 56.2 Å². The first kappa shape index (κ1) is 33.6. The summed E-state index contributed by atoms with van der Waals surface area (Å²) < 4.78 is 5.85. The zero-order valence-corrected chi connectivity index (χ0v) is 28.9. The summed E-state index contributed by atoms with van der Waals surface area (Å²) in [7, 11) is 0. The molecule has 0 bridgehead atoms. The topological polar surface area (TPSA) is 104 Å². The van der Waals surface area contributed by atoms with Crippen molar-refractivity contribution in [1.29, 1.82) is 0 Å². The van der Waals surface area contributed by atoms with Gasteiger partial charge >= 0.3 is 5.97 Å². The Kier molecular flexibility index (Phi) is 8.35. The van der Waals surface area contributed by atoms with E-state index in [0.717, 1.165) is 44.9 Å². The molecule has 5 aliphatic rings. The number of ketones is 1. The van der Waals surface area contributed by atoms with Crippen LogP contribution in [0.1, 0.15) is 120 Å². The van der Waals surface area contributed by atoms with Crippen molar-refractivity contribution < 1.29 is 29.3 Å². The Hall–Kier alpha value is -1.73. The maximum absolute atomic E-state index is 14.6. The molecular weight excluding hydrogens is 554 g/mol. The standard InChI is InChI=1S/C37H59NO6/c1-10-38(11-2)28(40)22-44-30(41)23-12-14-35(7)27(32(23,3)4)13-15-37(9)29(35)26(39)20-24-25-21-34(6,31(42)43)17-16-33(25,5)18-19-36(24,37)8/h20,23,25,27,29-30,41H,10-19,21-22H2,1-9H3,(H,42,43)/t23-,25+,27+,29-,30?,33-,34+,35?,36-,37-/m1/s1. The quantitative estimate of drug-likeness (QED) is 0.304. The van der Waals surface area contributed by atoms with Crippen molar-refractivity contribution in [3.05, 3.63) is 11.6 Å². The van der Waals surface area contributed by atoms with Crippen LogP contribution in [-0.2, 0) is 19.1 Å². The molecule has 0 aromatic carbocycles. The Bertz CT molecular complexity index is 1220. The third-order valence-corrected chi connectivity index (χ3v) is 15.0. The van der Waals surface area contributed by atoms with Crippen LogP contribution < -0.4 is 0 Å². The minimum atomic E-state index is -1.03. The summed E-state index contributed by atoms with van der Waals surface area (Å²) in [4.78, 5) is 41.3. The van der Waals surface area contributed by atoms with Gasteiger partial charge < -0.3 is 19.8 Å². The van der Waals surface area contributed by atoms with Crippen molar-refractivity contribution in [3.63, 3.8) is 0 Å². The Morgan fingerprint density at radius 2 is 1.59 bits per heavy atom. The monoisotopic (exact) mass is 613 g/mol. The summed E-state index contributed by atoms with van der Waals surface area (Å²) >= 11 is 0. The third-order valence-electron chi connectivity index (χ3n) is 15.0. The molecule has 10 atom stereocenters. The molecule has 4 saturated carbocycles. The lowest BCUT2D eigenvalue weighted by Gasteiger charge is -2.70. The molecule has 7 heteroatoms. The molecule has 0 spiro atoms. The SMILES string of the molecule is CCN(CC)C(=O)COC(O)[C@H]1CCC2(C)[C@H]3C(=O)C=C4[C@@H]5C[C@@](C)(C(=O)O)CC[C@]5(C)CC[C@@]4(C)[C@]3(C)CC[C@H]2C1(C)C. The van der Waals surface area contributed by atoms with Gasteiger partial charge in [0.05, 0.1) is 5.41 Å². The highest BCUT2D eigenvalue weighted by molar-refractivity contribution is 5.95. The summed E-state index contributed by atoms with van der Waals surface area (Å²) in [5.41, 5.74) is -0.369. The van der Waals surface area contributed by atoms with E-state index in [0.29, 0.717) is 25.9 Å². The fourth-order valence-corrected chi connectivity index (χ4v) is 11.9. The van der Waals surface area contributed by atoms with Gasteiger partial charge in [-0.1, -0.05) is 47.1 Å². The van der Waals surface area contributed by atoms with E-state index in [1.165, 1.54) is 5.57 Å². The largest absolute Gasteiger partial charge is 0.481 e. The number of hydrogen-bond donors (Lipinski definition) is 2. The van der Waals surface area contributed by atoms with Gasteiger partial charge in [0, 0.05) is 24.9 Å². The number of fused-ring (bicyclic) bond motifs is 7. The van der Waals surface area contributed by atoms with Crippen LogP contribution in [0.25, 0.3) is 0 Å². The number of aliphatic hydroxyl groups is 1. The van der Waals surface area contributed by atoms with Gasteiger partial charge in [0.2, 0.25) is 5.91 Å². The summed E-state index contributed by atoms with van der Waals surface area (Å²) in [6.45, 7) is 20.8. The second-order valence-electron chi connectivity index (χ2n) is 17.3. The highest BCUT2D eigenvalue weighted by Gasteiger charge is 2.70. The molecule has 44 heavy (non-hydrogen) atoms. The summed E-state index contributed by atoms with van der Waals surface area (Å²) in [5.74, 6) is -0.490. The number of allylic oxidation sites excluding steroid dienone is 2. The van der Waals surface area contributed by atoms with E-state index in [-0.39, 0.29) is 69.0 Å². The lowest BCUT2D eigenvalue weighted by atomic mass is 9.33. The van der Waals surface area contributed by atoms with Gasteiger partial charge in [-0.05, 0) is 124 Å². The molecule has 0 radical (unpaired) electrons. The Labute approximate surface area is 265 Å². The van der Waals surface area contributed by atoms with Gasteiger partial charge in [-0.3, -0.25) is 14.4 Å². The fourth-order valence-electron chi connectivity index (χ4n) is 11.9. The number of aliphatic hydroxyl groups excluding tert-OH is 1. The Morgan fingerprint density at radius 1 is 0.955 bits per heavy atom. The van der Waals surface area contributed by atoms with Crippen molar-refractivity contribution in [3.8, 4) is 0 Å². The van der Waals surface area contributed by atoms with Gasteiger partial charge in [-0.25, -0.2) is 0 Å². The van der Waals surface area contributed by atoms with E-state index in [1.54, 1.807) is 4.90 Å². The van der Waals surface area contributed by atoms with Crippen LogP contribution >= 0.6 is 0 Å². The molecule has 248 valence electrons. The molecule has 2 unspecified atom stereocenters. The highest BCUT2D eigenvalue weighted by Crippen LogP contribution is 2.75. The molecule has 5 rings (SSSR count). The van der Waals surface area contributed by atoms with E-state index in [1.807, 2.05) is 26.8 Å². The zero-order valence-electron chi connectivity index (χ0n) is 28.9. The summed E-state index contributed by atoms with van der Waals surface area (Å²) in [5, 5.41) is 21.5. The van der Waals surface area contributed by atoms with Crippen molar-refractivity contribution in [2.24, 2.45) is 56.2 Å². The van der Waals surface area contributed by atoms with E-state index in [2.05, 4.69) is 41.5 Å². The van der Waals surface area contributed by atoms with Gasteiger partial charge in [-0.15, -0.1) is 0 Å². The van der Waals surface area contributed by atoms with Gasteiger partial charge in [0.15, 0.2) is 12.1 Å². The number of rotatable bonds is 7. The average Bonchev–Trinajstić information content (AvgIpc) is 2.94. The first-order valence-corrected chi connectivity index (χ1v) is 17.4. The molecule has 7 nitrogen and oxygen atoms in total. The lowest BCUT2D eigenvalue weighted by Crippen LogP contribution is -2.66. The molecule has 0 aromatic heterocycles. The first-order chi connectivity index (χ1) is 20.3. The molecule has 0 saturated heterocycles. The average molecular weight is 614 g/mol. The number of likely N-dealkylation sites (N-methyl/N-ethyl adjacent to an activating group) is 1. The van der Waals surface area contributed by atoms with Gasteiger partial charge in [0.25, 0.3) is 0 Å². The first-order valence-electron chi connectivity index (χ1n) is 17.4. The van der Waals surface area contributed by atoms with Crippen LogP contribution in [0.3, 0.4) is 0 Å². The van der Waals surface area contributed by atoms with Crippen LogP contribution in [-0.4, -0.2) is 58.8 Å². The molecule has 0 aromatic rings. The fraction of sp³-hybridized carbons (Fsp3) is 0.865. The second kappa shape index (κ2) is 10.9. The number of hydrogen-bond acceptors (Lipinski definition) is 5. The molecule has 5 aliphatic carbocycles. The Balaban J connectivity index is 1.45. The number of carbonyl (C=O) groups is 3. The summed E-state index contributed by atoms with van der Waals surface area (Å²) in [6.07, 6.45) is 8.77. The van der Waals surface area contributed by atoms with Gasteiger partial charge in [0.1, 0.15) is 6.61 Å². The zero-order chi connectivity index (χ0) is 32.7. The smallest absolute Gasteiger partial charge is 0.309 e. The maximum atomic E-state index is 14.6. The number of carbonyl (C=O) groups excluding carboxylic acids is 2. The van der Waals surface area contributed by atoms with Crippen molar-refractivity contribution in [1.82, 2.24) is 4.90 Å². The number of ether oxygens (including phenoxy) is 1. The molecule has 0 aliphatic heterocycles. The Morgan fingerprint density at radius 3 is 2.20 bits per heavy atom. The van der Waals surface area contributed by atoms with Crippen LogP contribution in [0.4, 0.5) is 0 Å². The predicted octanol–water partition coefficient (Wildman–Crippen LogP) is 6.87. The van der Waals surface area contributed by atoms with E-state index in [4.69, 9.17) is 4.74 Å². The van der Waals surface area contributed by atoms with E-state index in [9.17, 15) is 24.6 Å².